The van der Waals surface area contributed by atoms with Gasteiger partial charge in [0.25, 0.3) is 0 Å². The van der Waals surface area contributed by atoms with Crippen LogP contribution in [0.1, 0.15) is 113 Å². The topological polar surface area (TPSA) is 3.24 Å². The predicted molar refractivity (Wildman–Crippen MR) is 246 cm³/mol. The van der Waals surface area contributed by atoms with Crippen molar-refractivity contribution < 1.29 is 0 Å². The number of rotatable bonds is 4. The van der Waals surface area contributed by atoms with Crippen LogP contribution in [-0.2, 0) is 21.7 Å². The summed E-state index contributed by atoms with van der Waals surface area (Å²) in [6.45, 7) is 14.6. The summed E-state index contributed by atoms with van der Waals surface area (Å²) in [5, 5.41) is 0. The number of nitrogens with zero attached hydrogens (tertiary/aromatic N) is 1. The highest BCUT2D eigenvalue weighted by Crippen LogP contribution is 2.89. The van der Waals surface area contributed by atoms with E-state index in [2.05, 4.69) is 174 Å². The standard InChI is InChI=1S/C57H55NS/c1-53(2)24-25-54(3,4)47-29-36(18-22-44(47)53)35-12-11-13-38(28-35)58(39-19-21-42-41-14-7-8-15-43(41)55(5,6)46(42)31-39)40-20-23-50-48(32-40)57(45-16-9-10-17-49(45)59-50)51-27-34-26-37-30-52(57)56(37,51)33-34/h7-23,28-29,31-32,34,37,51-52H,24-27,30,33H2,1-6H3. The number of hydrogen-bond acceptors (Lipinski definition) is 2. The zero-order valence-corrected chi connectivity index (χ0v) is 36.3. The summed E-state index contributed by atoms with van der Waals surface area (Å²) in [5.41, 5.74) is 19.2. The third-order valence-electron chi connectivity index (χ3n) is 17.8. The van der Waals surface area contributed by atoms with E-state index in [-0.39, 0.29) is 21.7 Å². The molecule has 1 nitrogen and oxygen atoms in total. The van der Waals surface area contributed by atoms with Gasteiger partial charge in [-0.05, 0) is 183 Å². The van der Waals surface area contributed by atoms with E-state index in [9.17, 15) is 0 Å². The Bertz CT molecular complexity index is 2800. The largest absolute Gasteiger partial charge is 0.310 e. The summed E-state index contributed by atoms with van der Waals surface area (Å²) in [6, 6.07) is 50.4. The van der Waals surface area contributed by atoms with Crippen LogP contribution in [0.2, 0.25) is 0 Å². The van der Waals surface area contributed by atoms with Gasteiger partial charge in [0.1, 0.15) is 0 Å². The maximum atomic E-state index is 2.67. The lowest BCUT2D eigenvalue weighted by atomic mass is 9.26. The van der Waals surface area contributed by atoms with Gasteiger partial charge < -0.3 is 4.90 Å². The Hall–Kier alpha value is -4.53. The molecule has 7 aliphatic rings. The molecular formula is C57H55NS. The van der Waals surface area contributed by atoms with Crippen LogP contribution in [0, 0.1) is 29.1 Å². The molecule has 2 spiro atoms. The fourth-order valence-electron chi connectivity index (χ4n) is 15.1. The van der Waals surface area contributed by atoms with Crippen LogP contribution >= 0.6 is 11.8 Å². The predicted octanol–water partition coefficient (Wildman–Crippen LogP) is 15.3. The fourth-order valence-corrected chi connectivity index (χ4v) is 16.3. The van der Waals surface area contributed by atoms with E-state index in [1.807, 2.05) is 11.8 Å². The molecule has 4 fully saturated rings. The van der Waals surface area contributed by atoms with Crippen molar-refractivity contribution in [1.82, 2.24) is 0 Å². The van der Waals surface area contributed by atoms with Crippen molar-refractivity contribution in [1.29, 1.82) is 0 Å². The van der Waals surface area contributed by atoms with Gasteiger partial charge in [-0.25, -0.2) is 0 Å². The second kappa shape index (κ2) is 11.4. The summed E-state index contributed by atoms with van der Waals surface area (Å²) in [6.07, 6.45) is 8.26. The van der Waals surface area contributed by atoms with E-state index in [1.54, 1.807) is 11.1 Å². The SMILES string of the molecule is CC1(C)CCC(C)(C)c2cc(-c3cccc(N(c4ccc5c(c4)C(C)(C)c4ccccc4-5)c4ccc5c(c4)C4(c6ccccc6S5)C5CC6CC7CC4C75C6)c3)ccc21. The van der Waals surface area contributed by atoms with Crippen molar-refractivity contribution in [3.05, 3.63) is 161 Å². The molecular weight excluding hydrogens is 731 g/mol. The molecule has 2 bridgehead atoms. The Labute approximate surface area is 355 Å². The van der Waals surface area contributed by atoms with Crippen molar-refractivity contribution in [2.24, 2.45) is 29.1 Å². The molecule has 4 saturated carbocycles. The zero-order chi connectivity index (χ0) is 39.8. The summed E-state index contributed by atoms with van der Waals surface area (Å²) in [4.78, 5) is 5.58. The van der Waals surface area contributed by atoms with Gasteiger partial charge in [-0.15, -0.1) is 0 Å². The number of fused-ring (bicyclic) bond motifs is 11. The first-order chi connectivity index (χ1) is 28.4. The Morgan fingerprint density at radius 1 is 0.492 bits per heavy atom. The molecule has 1 aliphatic heterocycles. The van der Waals surface area contributed by atoms with Gasteiger partial charge in [0, 0.05) is 37.7 Å². The van der Waals surface area contributed by atoms with Gasteiger partial charge in [-0.1, -0.05) is 132 Å². The average Bonchev–Trinajstić information content (AvgIpc) is 3.85. The molecule has 0 N–H and O–H groups in total. The molecule has 6 aromatic rings. The smallest absolute Gasteiger partial charge is 0.0467 e. The van der Waals surface area contributed by atoms with Crippen molar-refractivity contribution in [2.45, 2.75) is 112 Å². The Morgan fingerprint density at radius 2 is 1.15 bits per heavy atom. The first-order valence-electron chi connectivity index (χ1n) is 22.6. The average molecular weight is 786 g/mol. The molecule has 59 heavy (non-hydrogen) atoms. The lowest BCUT2D eigenvalue weighted by Gasteiger charge is -2.78. The fraction of sp³-hybridized carbons (Fsp3) is 0.368. The molecule has 0 aromatic heterocycles. The molecule has 6 atom stereocenters. The van der Waals surface area contributed by atoms with E-state index in [4.69, 9.17) is 0 Å². The maximum absolute atomic E-state index is 2.67. The normalized spacial score (nSPS) is 29.6. The van der Waals surface area contributed by atoms with E-state index < -0.39 is 0 Å². The van der Waals surface area contributed by atoms with E-state index in [0.29, 0.717) is 5.41 Å². The summed E-state index contributed by atoms with van der Waals surface area (Å²) >= 11 is 2.02. The molecule has 1 heterocycles. The highest BCUT2D eigenvalue weighted by Gasteiger charge is 2.84. The highest BCUT2D eigenvalue weighted by atomic mass is 32.2. The molecule has 6 unspecified atom stereocenters. The summed E-state index contributed by atoms with van der Waals surface area (Å²) in [5.74, 6) is 3.43. The van der Waals surface area contributed by atoms with Gasteiger partial charge in [0.05, 0.1) is 0 Å². The molecule has 6 aliphatic carbocycles. The van der Waals surface area contributed by atoms with Crippen LogP contribution in [0.5, 0.6) is 0 Å². The van der Waals surface area contributed by atoms with Gasteiger partial charge in [0.15, 0.2) is 0 Å². The lowest BCUT2D eigenvalue weighted by Crippen LogP contribution is -2.74. The Kier molecular flexibility index (Phi) is 6.83. The van der Waals surface area contributed by atoms with Crippen molar-refractivity contribution in [3.63, 3.8) is 0 Å². The van der Waals surface area contributed by atoms with Crippen molar-refractivity contribution >= 4 is 28.8 Å². The van der Waals surface area contributed by atoms with E-state index in [1.165, 1.54) is 110 Å². The quantitative estimate of drug-likeness (QED) is 0.175. The van der Waals surface area contributed by atoms with Crippen LogP contribution in [0.15, 0.2) is 137 Å². The Morgan fingerprint density at radius 3 is 1.98 bits per heavy atom. The number of hydrogen-bond donors (Lipinski definition) is 0. The van der Waals surface area contributed by atoms with Crippen molar-refractivity contribution in [3.8, 4) is 22.3 Å². The van der Waals surface area contributed by atoms with Gasteiger partial charge in [-0.3, -0.25) is 0 Å². The van der Waals surface area contributed by atoms with Crippen LogP contribution in [0.4, 0.5) is 17.1 Å². The second-order valence-electron chi connectivity index (χ2n) is 21.7. The zero-order valence-electron chi connectivity index (χ0n) is 35.5. The first-order valence-corrected chi connectivity index (χ1v) is 23.4. The summed E-state index contributed by atoms with van der Waals surface area (Å²) in [7, 11) is 0. The summed E-state index contributed by atoms with van der Waals surface area (Å²) < 4.78 is 0. The molecule has 294 valence electrons. The molecule has 0 radical (unpaired) electrons. The van der Waals surface area contributed by atoms with E-state index >= 15 is 0 Å². The molecule has 0 amide bonds. The van der Waals surface area contributed by atoms with Crippen LogP contribution in [-0.4, -0.2) is 0 Å². The van der Waals surface area contributed by atoms with E-state index in [0.717, 1.165) is 23.7 Å². The minimum atomic E-state index is -0.0811. The van der Waals surface area contributed by atoms with Gasteiger partial charge in [-0.2, -0.15) is 0 Å². The third kappa shape index (κ3) is 4.35. The number of anilines is 3. The van der Waals surface area contributed by atoms with Crippen LogP contribution in [0.3, 0.4) is 0 Å². The number of benzene rings is 6. The van der Waals surface area contributed by atoms with Crippen LogP contribution in [0.25, 0.3) is 22.3 Å². The van der Waals surface area contributed by atoms with Gasteiger partial charge in [0.2, 0.25) is 0 Å². The molecule has 2 heteroatoms. The maximum Gasteiger partial charge on any atom is 0.0467 e. The third-order valence-corrected chi connectivity index (χ3v) is 19.0. The minimum Gasteiger partial charge on any atom is -0.310 e. The van der Waals surface area contributed by atoms with Crippen LogP contribution < -0.4 is 4.90 Å². The first kappa shape index (κ1) is 35.2. The lowest BCUT2D eigenvalue weighted by molar-refractivity contribution is -0.235. The highest BCUT2D eigenvalue weighted by molar-refractivity contribution is 7.99. The molecule has 0 saturated heterocycles. The molecule has 13 rings (SSSR count). The minimum absolute atomic E-state index is 0.0811. The Balaban J connectivity index is 0.997. The second-order valence-corrected chi connectivity index (χ2v) is 22.7. The monoisotopic (exact) mass is 785 g/mol. The molecule has 6 aromatic carbocycles. The van der Waals surface area contributed by atoms with Crippen molar-refractivity contribution in [2.75, 3.05) is 4.90 Å². The van der Waals surface area contributed by atoms with Gasteiger partial charge >= 0.3 is 0 Å².